The minimum absolute atomic E-state index is 1.09. The van der Waals surface area contributed by atoms with Crippen molar-refractivity contribution >= 4 is 51.2 Å². The Kier molecular flexibility index (Phi) is 13.8. The van der Waals surface area contributed by atoms with E-state index < -0.39 is 0 Å². The molecule has 322 valence electrons. The molecule has 3 nitrogen and oxygen atoms in total. The van der Waals surface area contributed by atoms with Crippen LogP contribution in [0.2, 0.25) is 0 Å². The zero-order chi connectivity index (χ0) is 44.6. The minimum atomic E-state index is 1.09. The van der Waals surface area contributed by atoms with Crippen LogP contribution in [0.1, 0.15) is 78.5 Å². The van der Waals surface area contributed by atoms with Crippen LogP contribution in [0.15, 0.2) is 182 Å². The molecule has 8 rings (SSSR count). The number of benzene rings is 8. The summed E-state index contributed by atoms with van der Waals surface area (Å²) < 4.78 is 0. The first kappa shape index (κ1) is 43.8. The van der Waals surface area contributed by atoms with E-state index >= 15 is 0 Å². The second kappa shape index (κ2) is 20.1. The molecule has 0 fully saturated rings. The molecule has 0 unspecified atom stereocenters. The normalized spacial score (nSPS) is 11.1. The van der Waals surface area contributed by atoms with Crippen molar-refractivity contribution in [3.63, 3.8) is 0 Å². The van der Waals surface area contributed by atoms with Crippen LogP contribution in [-0.2, 0) is 12.8 Å². The van der Waals surface area contributed by atoms with Gasteiger partial charge in [0.2, 0.25) is 0 Å². The third-order valence-corrected chi connectivity index (χ3v) is 12.4. The van der Waals surface area contributed by atoms with Gasteiger partial charge in [-0.15, -0.1) is 0 Å². The molecule has 0 amide bonds. The Labute approximate surface area is 383 Å². The molecular weight excluding hydrogens is 775 g/mol. The van der Waals surface area contributed by atoms with Gasteiger partial charge in [-0.3, -0.25) is 0 Å². The average Bonchev–Trinajstić information content (AvgIpc) is 3.31. The fourth-order valence-corrected chi connectivity index (χ4v) is 8.80. The quantitative estimate of drug-likeness (QED) is 0.0960. The molecule has 0 N–H and O–H groups in total. The molecule has 64 heavy (non-hydrogen) atoms. The van der Waals surface area contributed by atoms with E-state index in [1.807, 2.05) is 0 Å². The Balaban J connectivity index is 1.15. The molecule has 0 saturated heterocycles. The van der Waals surface area contributed by atoms with E-state index in [0.29, 0.717) is 0 Å². The van der Waals surface area contributed by atoms with E-state index in [-0.39, 0.29) is 0 Å². The lowest BCUT2D eigenvalue weighted by Gasteiger charge is -2.30. The van der Waals surface area contributed by atoms with E-state index in [1.54, 1.807) is 0 Å². The number of nitrogens with zero attached hydrogens (tertiary/aromatic N) is 3. The molecule has 0 aliphatic heterocycles. The van der Waals surface area contributed by atoms with Crippen LogP contribution in [0.3, 0.4) is 0 Å². The molecular formula is C61H63N3. The fraction of sp³-hybridized carbons (Fsp3) is 0.213. The van der Waals surface area contributed by atoms with Crippen LogP contribution in [-0.4, -0.2) is 0 Å². The molecule has 0 atom stereocenters. The van der Waals surface area contributed by atoms with Gasteiger partial charge in [0.1, 0.15) is 0 Å². The lowest BCUT2D eigenvalue weighted by atomic mass is 10.0. The van der Waals surface area contributed by atoms with E-state index in [9.17, 15) is 0 Å². The Morgan fingerprint density at radius 1 is 0.312 bits per heavy atom. The number of aryl methyl sites for hydroxylation is 7. The van der Waals surface area contributed by atoms with Gasteiger partial charge >= 0.3 is 0 Å². The first-order valence-corrected chi connectivity index (χ1v) is 23.3. The second-order valence-electron chi connectivity index (χ2n) is 17.6. The van der Waals surface area contributed by atoms with Crippen LogP contribution in [0.5, 0.6) is 0 Å². The molecule has 3 heteroatoms. The Morgan fingerprint density at radius 2 is 0.766 bits per heavy atom. The van der Waals surface area contributed by atoms with Crippen molar-refractivity contribution in [2.24, 2.45) is 0 Å². The predicted molar refractivity (Wildman–Crippen MR) is 277 cm³/mol. The van der Waals surface area contributed by atoms with E-state index in [4.69, 9.17) is 0 Å². The standard InChI is InChI=1S/C61H63N3/c1-8-10-15-49-24-33-53(34-25-49)62(58-18-13-19-59(43-58)64(57-17-12-14-45(4)40-57)61-41-46(5)20-23-47(61)6)54-35-27-51(28-36-54)52-29-37-56(38-30-52)63(55-31-21-44(3)22-32-55)60-39-26-50(16-11-9-2)42-48(60)7/h12-14,17-43H,8-11,15-16H2,1-7H3. The van der Waals surface area contributed by atoms with Crippen molar-refractivity contribution in [3.8, 4) is 11.1 Å². The molecule has 0 aromatic heterocycles. The monoisotopic (exact) mass is 838 g/mol. The maximum absolute atomic E-state index is 2.40. The van der Waals surface area contributed by atoms with E-state index in [0.717, 1.165) is 52.7 Å². The number of unbranched alkanes of at least 4 members (excludes halogenated alkanes) is 2. The summed E-state index contributed by atoms with van der Waals surface area (Å²) in [5.74, 6) is 0. The molecule has 0 aliphatic rings. The fourth-order valence-electron chi connectivity index (χ4n) is 8.80. The van der Waals surface area contributed by atoms with Crippen molar-refractivity contribution in [3.05, 3.63) is 221 Å². The molecule has 0 radical (unpaired) electrons. The van der Waals surface area contributed by atoms with Crippen LogP contribution >= 0.6 is 0 Å². The summed E-state index contributed by atoms with van der Waals surface area (Å²) in [4.78, 5) is 7.19. The van der Waals surface area contributed by atoms with Gasteiger partial charge in [0.05, 0.1) is 0 Å². The van der Waals surface area contributed by atoms with Crippen molar-refractivity contribution in [1.82, 2.24) is 0 Å². The van der Waals surface area contributed by atoms with Crippen LogP contribution < -0.4 is 14.7 Å². The number of anilines is 9. The third kappa shape index (κ3) is 10.0. The maximum atomic E-state index is 2.40. The van der Waals surface area contributed by atoms with Crippen molar-refractivity contribution in [2.75, 3.05) is 14.7 Å². The number of hydrogen-bond donors (Lipinski definition) is 0. The third-order valence-electron chi connectivity index (χ3n) is 12.4. The van der Waals surface area contributed by atoms with Crippen LogP contribution in [0.25, 0.3) is 11.1 Å². The minimum Gasteiger partial charge on any atom is -0.310 e. The lowest BCUT2D eigenvalue weighted by Crippen LogP contribution is -2.14. The van der Waals surface area contributed by atoms with Gasteiger partial charge in [0.15, 0.2) is 0 Å². The highest BCUT2D eigenvalue weighted by molar-refractivity contribution is 5.85. The lowest BCUT2D eigenvalue weighted by molar-refractivity contribution is 0.794. The summed E-state index contributed by atoms with van der Waals surface area (Å²) in [7, 11) is 0. The van der Waals surface area contributed by atoms with Gasteiger partial charge in [-0.1, -0.05) is 123 Å². The molecule has 8 aromatic rings. The molecule has 0 spiro atoms. The van der Waals surface area contributed by atoms with E-state index in [1.165, 1.54) is 87.1 Å². The van der Waals surface area contributed by atoms with Crippen LogP contribution in [0, 0.1) is 34.6 Å². The van der Waals surface area contributed by atoms with E-state index in [2.05, 4.69) is 245 Å². The number of rotatable bonds is 16. The topological polar surface area (TPSA) is 9.72 Å². The molecule has 0 bridgehead atoms. The first-order chi connectivity index (χ1) is 31.2. The smallest absolute Gasteiger partial charge is 0.0493 e. The Morgan fingerprint density at radius 3 is 1.34 bits per heavy atom. The Bertz CT molecular complexity index is 2780. The summed E-state index contributed by atoms with van der Waals surface area (Å²) >= 11 is 0. The van der Waals surface area contributed by atoms with Gasteiger partial charge in [-0.05, 0) is 196 Å². The predicted octanol–water partition coefficient (Wildman–Crippen LogP) is 18.0. The molecule has 8 aromatic carbocycles. The molecule has 0 saturated carbocycles. The van der Waals surface area contributed by atoms with Crippen molar-refractivity contribution < 1.29 is 0 Å². The van der Waals surface area contributed by atoms with Gasteiger partial charge < -0.3 is 14.7 Å². The highest BCUT2D eigenvalue weighted by Gasteiger charge is 2.20. The second-order valence-corrected chi connectivity index (χ2v) is 17.6. The summed E-state index contributed by atoms with van der Waals surface area (Å²) in [5, 5.41) is 0. The first-order valence-electron chi connectivity index (χ1n) is 23.3. The molecule has 0 heterocycles. The summed E-state index contributed by atoms with van der Waals surface area (Å²) in [6, 6.07) is 67.7. The Hall–Kier alpha value is -6.84. The summed E-state index contributed by atoms with van der Waals surface area (Å²) in [6.45, 7) is 15.5. The maximum Gasteiger partial charge on any atom is 0.0493 e. The highest BCUT2D eigenvalue weighted by atomic mass is 15.2. The molecule has 0 aliphatic carbocycles. The van der Waals surface area contributed by atoms with Crippen molar-refractivity contribution in [2.45, 2.75) is 87.0 Å². The van der Waals surface area contributed by atoms with Gasteiger partial charge in [0, 0.05) is 51.2 Å². The largest absolute Gasteiger partial charge is 0.310 e. The number of hydrogen-bond acceptors (Lipinski definition) is 3. The van der Waals surface area contributed by atoms with Crippen molar-refractivity contribution in [1.29, 1.82) is 0 Å². The van der Waals surface area contributed by atoms with Gasteiger partial charge in [-0.2, -0.15) is 0 Å². The van der Waals surface area contributed by atoms with Gasteiger partial charge in [0.25, 0.3) is 0 Å². The zero-order valence-electron chi connectivity index (χ0n) is 38.9. The van der Waals surface area contributed by atoms with Crippen LogP contribution in [0.4, 0.5) is 51.2 Å². The summed E-state index contributed by atoms with van der Waals surface area (Å²) in [6.07, 6.45) is 7.00. The zero-order valence-corrected chi connectivity index (χ0v) is 38.9. The summed E-state index contributed by atoms with van der Waals surface area (Å²) in [5.41, 5.74) is 21.7. The highest BCUT2D eigenvalue weighted by Crippen LogP contribution is 2.43. The SMILES string of the molecule is CCCCc1ccc(N(c2ccc(-c3ccc(N(c4ccc(C)cc4)c4ccc(CCCC)cc4C)cc3)cc2)c2cccc(N(c3cccc(C)c3)c3cc(C)ccc3C)c2)cc1. The van der Waals surface area contributed by atoms with Gasteiger partial charge in [-0.25, -0.2) is 0 Å². The average molecular weight is 838 g/mol.